The SMILES string of the molecule is C1=CC2C3C4C1C1CCC5C6CCC7C8CCC9C%10C8C8C7C6C6C5C1C4C1C6C8C4C1C3C1C(C%104)C9C3CC231. The molecule has 16 fully saturated rings. The van der Waals surface area contributed by atoms with Crippen LogP contribution in [0, 0.1) is 183 Å². The van der Waals surface area contributed by atoms with E-state index < -0.39 is 0 Å². The van der Waals surface area contributed by atoms with Gasteiger partial charge in [0.15, 0.2) is 0 Å². The Morgan fingerprint density at radius 2 is 0.800 bits per heavy atom. The van der Waals surface area contributed by atoms with E-state index in [-0.39, 0.29) is 0 Å². The lowest BCUT2D eigenvalue weighted by atomic mass is 9.43. The summed E-state index contributed by atoms with van der Waals surface area (Å²) in [4.78, 5) is 0. The van der Waals surface area contributed by atoms with E-state index in [2.05, 4.69) is 12.2 Å². The van der Waals surface area contributed by atoms with Crippen LogP contribution in [0.5, 0.6) is 0 Å². The molecule has 0 amide bonds. The Morgan fingerprint density at radius 3 is 1.48 bits per heavy atom. The van der Waals surface area contributed by atoms with Crippen LogP contribution in [0.2, 0.25) is 0 Å². The van der Waals surface area contributed by atoms with Crippen LogP contribution in [0.25, 0.3) is 0 Å². The number of allylic oxidation sites excluding steroid dienone is 2. The summed E-state index contributed by atoms with van der Waals surface area (Å²) >= 11 is 0. The standard InChI is InChI=1S/C40H46/c1-2-12-14-5-6-16-19-18-9-40(18)17-8-7-15-13-4-3-11-10(1)20-21(12)29-24(14)26(16)31-35-33(29)32-28(20)22(11)23(13)30-25(15)27(17)38(36(35)34(30)32)39(40)37(19)31/h7-8,10-39H,1-6,9H2. The smallest absolute Gasteiger partial charge is 0.0137 e. The fraction of sp³-hybridized carbons (Fsp3) is 0.950. The van der Waals surface area contributed by atoms with Crippen LogP contribution in [0.1, 0.15) is 44.9 Å². The van der Waals surface area contributed by atoms with Crippen molar-refractivity contribution in [3.63, 3.8) is 0 Å². The maximum Gasteiger partial charge on any atom is -0.0137 e. The van der Waals surface area contributed by atoms with Gasteiger partial charge in [-0.25, -0.2) is 0 Å². The van der Waals surface area contributed by atoms with Crippen molar-refractivity contribution in [1.29, 1.82) is 0 Å². The molecule has 0 heteroatoms. The highest BCUT2D eigenvalue weighted by Crippen LogP contribution is 2.97. The largest absolute Gasteiger partial charge is 0.0845 e. The summed E-state index contributed by atoms with van der Waals surface area (Å²) in [6.07, 6.45) is 18.1. The molecule has 0 saturated heterocycles. The van der Waals surface area contributed by atoms with Crippen molar-refractivity contribution >= 4 is 0 Å². The highest BCUT2D eigenvalue weighted by molar-refractivity contribution is 5.43. The highest BCUT2D eigenvalue weighted by atomic mass is 15.0. The molecule has 0 aliphatic heterocycles. The molecule has 0 radical (unpaired) electrons. The number of rotatable bonds is 0. The quantitative estimate of drug-likeness (QED) is 0.299. The third kappa shape index (κ3) is 1.32. The minimum atomic E-state index is 0.864. The minimum Gasteiger partial charge on any atom is -0.0845 e. The fourth-order valence-electron chi connectivity index (χ4n) is 25.2. The normalized spacial score (nSPS) is 90.8. The van der Waals surface area contributed by atoms with E-state index in [0.717, 1.165) is 23.2 Å². The first-order chi connectivity index (χ1) is 19.9. The van der Waals surface area contributed by atoms with Crippen LogP contribution >= 0.6 is 0 Å². The summed E-state index contributed by atoms with van der Waals surface area (Å²) in [5.41, 5.74) is 0.864. The van der Waals surface area contributed by atoms with Gasteiger partial charge < -0.3 is 0 Å². The zero-order valence-electron chi connectivity index (χ0n) is 23.9. The van der Waals surface area contributed by atoms with Gasteiger partial charge in [0.05, 0.1) is 0 Å². The van der Waals surface area contributed by atoms with Crippen LogP contribution in [-0.4, -0.2) is 0 Å². The van der Waals surface area contributed by atoms with Gasteiger partial charge in [-0.1, -0.05) is 12.2 Å². The third-order valence-corrected chi connectivity index (χ3v) is 23.3. The second-order valence-electron chi connectivity index (χ2n) is 21.2. The summed E-state index contributed by atoms with van der Waals surface area (Å²) < 4.78 is 0. The van der Waals surface area contributed by atoms with Crippen molar-refractivity contribution in [1.82, 2.24) is 0 Å². The van der Waals surface area contributed by atoms with Crippen LogP contribution in [-0.2, 0) is 0 Å². The lowest BCUT2D eigenvalue weighted by Gasteiger charge is -2.61. The van der Waals surface area contributed by atoms with E-state index >= 15 is 0 Å². The topological polar surface area (TPSA) is 0 Å². The molecular weight excluding hydrogens is 480 g/mol. The van der Waals surface area contributed by atoms with Gasteiger partial charge in [-0.05, 0) is 228 Å². The molecule has 40 heavy (non-hydrogen) atoms. The van der Waals surface area contributed by atoms with E-state index in [4.69, 9.17) is 0 Å². The highest BCUT2D eigenvalue weighted by Gasteiger charge is 2.93. The monoisotopic (exact) mass is 526 g/mol. The Labute approximate surface area is 239 Å². The third-order valence-electron chi connectivity index (χ3n) is 23.3. The molecule has 16 saturated carbocycles. The molecule has 0 aromatic rings. The molecule has 31 atom stereocenters. The number of hydrogen-bond donors (Lipinski definition) is 0. The summed E-state index contributed by atoms with van der Waals surface area (Å²) in [5, 5.41) is 0. The van der Waals surface area contributed by atoms with Gasteiger partial charge >= 0.3 is 0 Å². The van der Waals surface area contributed by atoms with Crippen molar-refractivity contribution in [2.45, 2.75) is 44.9 Å². The summed E-state index contributed by atoms with van der Waals surface area (Å²) in [6, 6.07) is 0. The molecule has 0 N–H and O–H groups in total. The molecule has 0 aromatic heterocycles. The second kappa shape index (κ2) is 5.03. The second-order valence-corrected chi connectivity index (χ2v) is 21.2. The zero-order chi connectivity index (χ0) is 24.2. The van der Waals surface area contributed by atoms with Gasteiger partial charge in [0.2, 0.25) is 0 Å². The molecule has 31 unspecified atom stereocenters. The molecule has 0 heterocycles. The summed E-state index contributed by atoms with van der Waals surface area (Å²) in [7, 11) is 0. The van der Waals surface area contributed by atoms with Crippen molar-refractivity contribution in [3.05, 3.63) is 12.2 Å². The lowest BCUT2D eigenvalue weighted by Crippen LogP contribution is -2.58. The van der Waals surface area contributed by atoms with Crippen molar-refractivity contribution in [2.75, 3.05) is 0 Å². The Bertz CT molecular complexity index is 1440. The Morgan fingerprint density at radius 1 is 0.350 bits per heavy atom. The van der Waals surface area contributed by atoms with Gasteiger partial charge in [0.25, 0.3) is 0 Å². The first-order valence-corrected chi connectivity index (χ1v) is 19.6. The molecule has 206 valence electrons. The maximum absolute atomic E-state index is 3.06. The van der Waals surface area contributed by atoms with Gasteiger partial charge in [-0.15, -0.1) is 0 Å². The predicted octanol–water partition coefficient (Wildman–Crippen LogP) is 6.98. The lowest BCUT2D eigenvalue weighted by molar-refractivity contribution is -0.147. The molecule has 17 aliphatic carbocycles. The molecule has 17 aliphatic rings. The van der Waals surface area contributed by atoms with Gasteiger partial charge in [-0.3, -0.25) is 0 Å². The van der Waals surface area contributed by atoms with E-state index in [9.17, 15) is 0 Å². The van der Waals surface area contributed by atoms with Gasteiger partial charge in [0, 0.05) is 0 Å². The van der Waals surface area contributed by atoms with Crippen molar-refractivity contribution < 1.29 is 0 Å². The van der Waals surface area contributed by atoms with E-state index in [1.807, 2.05) is 0 Å². The zero-order valence-corrected chi connectivity index (χ0v) is 23.9. The number of fused-ring (bicyclic) bond motifs is 5. The molecule has 0 aromatic carbocycles. The van der Waals surface area contributed by atoms with Crippen molar-refractivity contribution in [2.24, 2.45) is 183 Å². The van der Waals surface area contributed by atoms with Crippen LogP contribution in [0.3, 0.4) is 0 Å². The molecule has 1 spiro atoms. The van der Waals surface area contributed by atoms with Crippen molar-refractivity contribution in [3.8, 4) is 0 Å². The first kappa shape index (κ1) is 19.2. The Balaban J connectivity index is 1.06. The van der Waals surface area contributed by atoms with Crippen LogP contribution < -0.4 is 0 Å². The summed E-state index contributed by atoms with van der Waals surface area (Å²) in [6.45, 7) is 0. The molecule has 0 nitrogen and oxygen atoms in total. The number of hydrogen-bond acceptors (Lipinski definition) is 0. The Hall–Kier alpha value is -0.260. The average Bonchev–Trinajstić information content (AvgIpc) is 3.55. The predicted molar refractivity (Wildman–Crippen MR) is 149 cm³/mol. The first-order valence-electron chi connectivity index (χ1n) is 19.6. The molecule has 17 rings (SSSR count). The van der Waals surface area contributed by atoms with Gasteiger partial charge in [0.1, 0.15) is 0 Å². The summed E-state index contributed by atoms with van der Waals surface area (Å²) in [5.74, 6) is 36.8. The molecular formula is C40H46. The van der Waals surface area contributed by atoms with E-state index in [1.165, 1.54) is 160 Å². The maximum atomic E-state index is 3.06. The fourth-order valence-corrected chi connectivity index (χ4v) is 25.2. The Kier molecular flexibility index (Phi) is 2.41. The van der Waals surface area contributed by atoms with Crippen LogP contribution in [0.4, 0.5) is 0 Å². The average molecular weight is 527 g/mol. The van der Waals surface area contributed by atoms with Gasteiger partial charge in [-0.2, -0.15) is 0 Å². The van der Waals surface area contributed by atoms with E-state index in [0.29, 0.717) is 0 Å². The molecule has 0 bridgehead atoms. The van der Waals surface area contributed by atoms with E-state index in [1.54, 1.807) is 44.9 Å². The minimum absolute atomic E-state index is 0.864. The van der Waals surface area contributed by atoms with Crippen LogP contribution in [0.15, 0.2) is 12.2 Å².